The van der Waals surface area contributed by atoms with E-state index in [0.717, 1.165) is 19.3 Å². The fraction of sp³-hybridized carbons (Fsp3) is 0.440. The van der Waals surface area contributed by atoms with Crippen molar-refractivity contribution in [1.82, 2.24) is 9.62 Å². The van der Waals surface area contributed by atoms with E-state index in [2.05, 4.69) is 10.6 Å². The molecule has 3 rings (SSSR count). The number of hydrogen-bond donors (Lipinski definition) is 2. The van der Waals surface area contributed by atoms with Crippen molar-refractivity contribution in [2.24, 2.45) is 0 Å². The van der Waals surface area contributed by atoms with Crippen molar-refractivity contribution >= 4 is 27.5 Å². The van der Waals surface area contributed by atoms with Gasteiger partial charge in [-0.2, -0.15) is 4.31 Å². The topological polar surface area (TPSA) is 95.6 Å². The van der Waals surface area contributed by atoms with Crippen molar-refractivity contribution in [3.8, 4) is 0 Å². The average Bonchev–Trinajstić information content (AvgIpc) is 2.73. The number of carbonyl (C=O) groups is 2. The van der Waals surface area contributed by atoms with Crippen LogP contribution in [-0.2, 0) is 10.0 Å². The van der Waals surface area contributed by atoms with Crippen LogP contribution < -0.4 is 10.6 Å². The van der Waals surface area contributed by atoms with Gasteiger partial charge in [0.1, 0.15) is 0 Å². The zero-order valence-electron chi connectivity index (χ0n) is 19.9. The third-order valence-electron chi connectivity index (χ3n) is 5.70. The number of sulfonamides is 1. The molecule has 0 spiro atoms. The Kier molecular flexibility index (Phi) is 7.29. The van der Waals surface area contributed by atoms with Crippen LogP contribution in [0.5, 0.6) is 0 Å². The summed E-state index contributed by atoms with van der Waals surface area (Å²) in [5.74, 6) is -0.593. The van der Waals surface area contributed by atoms with Gasteiger partial charge < -0.3 is 10.6 Å². The van der Waals surface area contributed by atoms with E-state index < -0.39 is 15.9 Å². The normalized spacial score (nSPS) is 17.4. The van der Waals surface area contributed by atoms with E-state index >= 15 is 0 Å². The number of anilines is 1. The van der Waals surface area contributed by atoms with E-state index in [1.165, 1.54) is 10.4 Å². The van der Waals surface area contributed by atoms with Crippen LogP contribution in [0.15, 0.2) is 47.4 Å². The molecule has 1 saturated heterocycles. The monoisotopic (exact) mass is 471 g/mol. The molecule has 0 radical (unpaired) electrons. The van der Waals surface area contributed by atoms with Crippen LogP contribution in [0, 0.1) is 6.92 Å². The molecule has 1 aliphatic heterocycles. The molecule has 8 heteroatoms. The minimum Gasteiger partial charge on any atom is -0.347 e. The molecule has 33 heavy (non-hydrogen) atoms. The minimum atomic E-state index is -3.68. The lowest BCUT2D eigenvalue weighted by molar-refractivity contribution is 0.0919. The Bertz CT molecular complexity index is 1140. The molecule has 0 aliphatic carbocycles. The number of amides is 2. The summed E-state index contributed by atoms with van der Waals surface area (Å²) in [5, 5.41) is 5.69. The molecule has 7 nitrogen and oxygen atoms in total. The van der Waals surface area contributed by atoms with Crippen molar-refractivity contribution < 1.29 is 18.0 Å². The van der Waals surface area contributed by atoms with E-state index in [1.807, 2.05) is 27.7 Å². The molecular formula is C25H33N3O4S. The van der Waals surface area contributed by atoms with Gasteiger partial charge in [-0.1, -0.05) is 12.5 Å². The predicted molar refractivity (Wildman–Crippen MR) is 130 cm³/mol. The summed E-state index contributed by atoms with van der Waals surface area (Å²) < 4.78 is 27.9. The second-order valence-corrected chi connectivity index (χ2v) is 11.6. The van der Waals surface area contributed by atoms with Crippen molar-refractivity contribution in [1.29, 1.82) is 0 Å². The predicted octanol–water partition coefficient (Wildman–Crippen LogP) is 4.34. The zero-order valence-corrected chi connectivity index (χ0v) is 20.8. The third kappa shape index (κ3) is 6.00. The molecule has 0 saturated carbocycles. The van der Waals surface area contributed by atoms with Gasteiger partial charge in [-0.3, -0.25) is 9.59 Å². The van der Waals surface area contributed by atoms with Crippen LogP contribution in [0.1, 0.15) is 73.2 Å². The van der Waals surface area contributed by atoms with Gasteiger partial charge >= 0.3 is 0 Å². The first-order chi connectivity index (χ1) is 15.4. The molecule has 0 bridgehead atoms. The summed E-state index contributed by atoms with van der Waals surface area (Å²) in [6.07, 6.45) is 2.69. The highest BCUT2D eigenvalue weighted by atomic mass is 32.2. The highest BCUT2D eigenvalue weighted by molar-refractivity contribution is 7.89. The minimum absolute atomic E-state index is 0.0590. The van der Waals surface area contributed by atoms with Gasteiger partial charge in [-0.15, -0.1) is 0 Å². The van der Waals surface area contributed by atoms with Gasteiger partial charge in [0.15, 0.2) is 0 Å². The van der Waals surface area contributed by atoms with E-state index in [9.17, 15) is 18.0 Å². The lowest BCUT2D eigenvalue weighted by Crippen LogP contribution is -2.42. The molecule has 0 unspecified atom stereocenters. The van der Waals surface area contributed by atoms with E-state index in [4.69, 9.17) is 0 Å². The third-order valence-corrected chi connectivity index (χ3v) is 7.71. The summed E-state index contributed by atoms with van der Waals surface area (Å²) in [5.41, 5.74) is 1.64. The molecule has 2 aromatic carbocycles. The summed E-state index contributed by atoms with van der Waals surface area (Å²) in [6.45, 7) is 9.90. The number of benzene rings is 2. The van der Waals surface area contributed by atoms with Crippen LogP contribution in [0.4, 0.5) is 5.69 Å². The van der Waals surface area contributed by atoms with E-state index in [0.29, 0.717) is 28.9 Å². The Morgan fingerprint density at radius 1 is 1.00 bits per heavy atom. The maximum Gasteiger partial charge on any atom is 0.255 e. The molecule has 2 amide bonds. The van der Waals surface area contributed by atoms with Gasteiger partial charge in [-0.05, 0) is 89.4 Å². The maximum absolute atomic E-state index is 13.2. The highest BCUT2D eigenvalue weighted by Gasteiger charge is 2.31. The van der Waals surface area contributed by atoms with E-state index in [-0.39, 0.29) is 22.4 Å². The number of carbonyl (C=O) groups excluding carboxylic acids is 2. The van der Waals surface area contributed by atoms with Gasteiger partial charge in [0.25, 0.3) is 11.8 Å². The summed E-state index contributed by atoms with van der Waals surface area (Å²) in [7, 11) is -3.68. The van der Waals surface area contributed by atoms with Crippen molar-refractivity contribution in [3.05, 3.63) is 59.2 Å². The van der Waals surface area contributed by atoms with Crippen molar-refractivity contribution in [2.75, 3.05) is 11.9 Å². The first-order valence-electron chi connectivity index (χ1n) is 11.2. The Labute approximate surface area is 196 Å². The number of nitrogens with one attached hydrogen (secondary N) is 2. The quantitative estimate of drug-likeness (QED) is 0.678. The molecule has 1 aliphatic rings. The Hall–Kier alpha value is -2.71. The van der Waals surface area contributed by atoms with Gasteiger partial charge in [-0.25, -0.2) is 8.42 Å². The molecule has 0 aromatic heterocycles. The second kappa shape index (κ2) is 9.65. The van der Waals surface area contributed by atoms with Gasteiger partial charge in [0.2, 0.25) is 10.0 Å². The molecule has 178 valence electrons. The number of hydrogen-bond acceptors (Lipinski definition) is 4. The lowest BCUT2D eigenvalue weighted by atomic mass is 10.1. The Morgan fingerprint density at radius 3 is 2.27 bits per heavy atom. The first kappa shape index (κ1) is 24.9. The molecule has 1 atom stereocenters. The molecule has 2 aromatic rings. The van der Waals surface area contributed by atoms with Crippen LogP contribution in [0.3, 0.4) is 0 Å². The summed E-state index contributed by atoms with van der Waals surface area (Å²) >= 11 is 0. The average molecular weight is 472 g/mol. The standard InChI is InChI=1S/C25H33N3O4S/c1-17-9-14-21(33(31,32)28-15-7-6-8-18(28)2)16-22(17)24(30)26-20-12-10-19(11-13-20)23(29)27-25(3,4)5/h9-14,16,18H,6-8,15H2,1-5H3,(H,26,30)(H,27,29)/t18-/m0/s1. The molecular weight excluding hydrogens is 438 g/mol. The fourth-order valence-electron chi connectivity index (χ4n) is 3.89. The van der Waals surface area contributed by atoms with Gasteiger partial charge in [0, 0.05) is 34.9 Å². The van der Waals surface area contributed by atoms with Crippen molar-refractivity contribution in [3.63, 3.8) is 0 Å². The van der Waals surface area contributed by atoms with Crippen molar-refractivity contribution in [2.45, 2.75) is 70.4 Å². The van der Waals surface area contributed by atoms with Crippen LogP contribution >= 0.6 is 0 Å². The van der Waals surface area contributed by atoms with Crippen LogP contribution in [0.25, 0.3) is 0 Å². The first-order valence-corrected chi connectivity index (χ1v) is 12.7. The maximum atomic E-state index is 13.2. The Morgan fingerprint density at radius 2 is 1.67 bits per heavy atom. The van der Waals surface area contributed by atoms with Crippen LogP contribution in [0.2, 0.25) is 0 Å². The van der Waals surface area contributed by atoms with Gasteiger partial charge in [0.05, 0.1) is 4.90 Å². The lowest BCUT2D eigenvalue weighted by Gasteiger charge is -2.32. The number of aryl methyl sites for hydroxylation is 1. The van der Waals surface area contributed by atoms with Crippen LogP contribution in [-0.4, -0.2) is 42.7 Å². The molecule has 1 fully saturated rings. The largest absolute Gasteiger partial charge is 0.347 e. The fourth-order valence-corrected chi connectivity index (χ4v) is 5.61. The molecule has 2 N–H and O–H groups in total. The SMILES string of the molecule is Cc1ccc(S(=O)(=O)N2CCCC[C@@H]2C)cc1C(=O)Nc1ccc(C(=O)NC(C)(C)C)cc1. The smallest absolute Gasteiger partial charge is 0.255 e. The number of piperidine rings is 1. The Balaban J connectivity index is 1.78. The molecule has 1 heterocycles. The summed E-state index contributed by atoms with van der Waals surface area (Å²) in [6, 6.07) is 11.2. The van der Waals surface area contributed by atoms with E-state index in [1.54, 1.807) is 43.3 Å². The second-order valence-electron chi connectivity index (χ2n) is 9.67. The highest BCUT2D eigenvalue weighted by Crippen LogP contribution is 2.27. The zero-order chi connectivity index (χ0) is 24.4. The summed E-state index contributed by atoms with van der Waals surface area (Å²) in [4.78, 5) is 25.4. The number of nitrogens with zero attached hydrogens (tertiary/aromatic N) is 1. The number of rotatable bonds is 5.